The molecule has 0 heterocycles. The van der Waals surface area contributed by atoms with Crippen LogP contribution in [0, 0.1) is 5.92 Å². The van der Waals surface area contributed by atoms with Crippen molar-refractivity contribution in [3.63, 3.8) is 0 Å². The van der Waals surface area contributed by atoms with Crippen LogP contribution in [0.5, 0.6) is 0 Å². The molecule has 2 unspecified atom stereocenters. The molecule has 2 atom stereocenters. The van der Waals surface area contributed by atoms with E-state index in [-0.39, 0.29) is 6.10 Å². The predicted molar refractivity (Wildman–Crippen MR) is 73.1 cm³/mol. The lowest BCUT2D eigenvalue weighted by Crippen LogP contribution is -2.40. The van der Waals surface area contributed by atoms with Crippen LogP contribution < -0.4 is 5.32 Å². The van der Waals surface area contributed by atoms with E-state index in [4.69, 9.17) is 4.74 Å². The van der Waals surface area contributed by atoms with Crippen LogP contribution in [0.2, 0.25) is 0 Å². The highest BCUT2D eigenvalue weighted by Crippen LogP contribution is 2.24. The fourth-order valence-electron chi connectivity index (χ4n) is 2.14. The average molecular weight is 235 g/mol. The maximum Gasteiger partial charge on any atom is 0.0976 e. The van der Waals surface area contributed by atoms with Gasteiger partial charge >= 0.3 is 0 Å². The minimum atomic E-state index is 0.128. The highest BCUT2D eigenvalue weighted by molar-refractivity contribution is 5.19. The van der Waals surface area contributed by atoms with E-state index < -0.39 is 0 Å². The Morgan fingerprint density at radius 1 is 1.18 bits per heavy atom. The summed E-state index contributed by atoms with van der Waals surface area (Å²) < 4.78 is 5.69. The highest BCUT2D eigenvalue weighted by atomic mass is 16.5. The van der Waals surface area contributed by atoms with Gasteiger partial charge in [-0.25, -0.2) is 0 Å². The van der Waals surface area contributed by atoms with Gasteiger partial charge < -0.3 is 10.1 Å². The van der Waals surface area contributed by atoms with E-state index in [9.17, 15) is 0 Å². The summed E-state index contributed by atoms with van der Waals surface area (Å²) in [5.74, 6) is 0.548. The van der Waals surface area contributed by atoms with Gasteiger partial charge in [0.2, 0.25) is 0 Å². The van der Waals surface area contributed by atoms with Gasteiger partial charge in [0.05, 0.1) is 6.10 Å². The van der Waals surface area contributed by atoms with Crippen molar-refractivity contribution in [2.45, 2.75) is 39.3 Å². The quantitative estimate of drug-likeness (QED) is 0.782. The van der Waals surface area contributed by atoms with E-state index in [1.165, 1.54) is 5.56 Å². The third-order valence-electron chi connectivity index (χ3n) is 3.06. The predicted octanol–water partition coefficient (Wildman–Crippen LogP) is 3.40. The molecule has 1 N–H and O–H groups in total. The van der Waals surface area contributed by atoms with Crippen LogP contribution in [0.1, 0.15) is 38.9 Å². The molecule has 0 amide bonds. The smallest absolute Gasteiger partial charge is 0.0976 e. The third-order valence-corrected chi connectivity index (χ3v) is 3.06. The fourth-order valence-corrected chi connectivity index (χ4v) is 2.14. The molecule has 1 aromatic carbocycles. The van der Waals surface area contributed by atoms with Gasteiger partial charge in [-0.15, -0.1) is 0 Å². The fraction of sp³-hybridized carbons (Fsp3) is 0.600. The van der Waals surface area contributed by atoms with Crippen molar-refractivity contribution >= 4 is 0 Å². The lowest BCUT2D eigenvalue weighted by atomic mass is 9.93. The van der Waals surface area contributed by atoms with Crippen molar-refractivity contribution in [1.29, 1.82) is 0 Å². The number of methoxy groups -OCH3 is 1. The standard InChI is InChI=1S/C15H25NO/c1-5-11-16-14(12(2)3)15(17-4)13-9-7-6-8-10-13/h6-10,12,14-16H,5,11H2,1-4H3. The summed E-state index contributed by atoms with van der Waals surface area (Å²) in [6, 6.07) is 10.8. The number of hydrogen-bond donors (Lipinski definition) is 1. The number of nitrogens with one attached hydrogen (secondary N) is 1. The first kappa shape index (κ1) is 14.2. The Hall–Kier alpha value is -0.860. The molecule has 0 saturated heterocycles. The van der Waals surface area contributed by atoms with Crippen molar-refractivity contribution < 1.29 is 4.74 Å². The molecule has 0 fully saturated rings. The van der Waals surface area contributed by atoms with Crippen LogP contribution >= 0.6 is 0 Å². The zero-order chi connectivity index (χ0) is 12.7. The van der Waals surface area contributed by atoms with Crippen LogP contribution in [0.15, 0.2) is 30.3 Å². The second kappa shape index (κ2) is 7.46. The first-order valence-electron chi connectivity index (χ1n) is 6.51. The molecule has 0 spiro atoms. The minimum absolute atomic E-state index is 0.128. The summed E-state index contributed by atoms with van der Waals surface area (Å²) in [4.78, 5) is 0. The van der Waals surface area contributed by atoms with Crippen LogP contribution in [0.3, 0.4) is 0 Å². The van der Waals surface area contributed by atoms with Gasteiger partial charge in [-0.1, -0.05) is 51.1 Å². The summed E-state index contributed by atoms with van der Waals surface area (Å²) in [5, 5.41) is 3.59. The second-order valence-corrected chi connectivity index (χ2v) is 4.79. The minimum Gasteiger partial charge on any atom is -0.375 e. The molecule has 0 aliphatic carbocycles. The zero-order valence-corrected chi connectivity index (χ0v) is 11.4. The Morgan fingerprint density at radius 3 is 2.29 bits per heavy atom. The van der Waals surface area contributed by atoms with Gasteiger partial charge in [0.15, 0.2) is 0 Å². The summed E-state index contributed by atoms with van der Waals surface area (Å²) in [6.07, 6.45) is 1.27. The lowest BCUT2D eigenvalue weighted by Gasteiger charge is -2.30. The number of ether oxygens (including phenoxy) is 1. The van der Waals surface area contributed by atoms with Crippen LogP contribution in [-0.2, 0) is 4.74 Å². The molecule has 96 valence electrons. The third kappa shape index (κ3) is 4.14. The van der Waals surface area contributed by atoms with Gasteiger partial charge in [0.25, 0.3) is 0 Å². The Kier molecular flexibility index (Phi) is 6.23. The molecule has 0 aromatic heterocycles. The highest BCUT2D eigenvalue weighted by Gasteiger charge is 2.24. The topological polar surface area (TPSA) is 21.3 Å². The van der Waals surface area contributed by atoms with E-state index in [1.54, 1.807) is 7.11 Å². The van der Waals surface area contributed by atoms with Crippen molar-refractivity contribution in [3.8, 4) is 0 Å². The lowest BCUT2D eigenvalue weighted by molar-refractivity contribution is 0.0521. The Labute approximate surface area is 105 Å². The summed E-state index contributed by atoms with van der Waals surface area (Å²) in [7, 11) is 1.79. The molecule has 1 aromatic rings. The van der Waals surface area contributed by atoms with E-state index in [2.05, 4.69) is 50.4 Å². The molecule has 0 bridgehead atoms. The van der Waals surface area contributed by atoms with E-state index in [1.807, 2.05) is 6.07 Å². The first-order chi connectivity index (χ1) is 8.20. The molecule has 0 saturated carbocycles. The van der Waals surface area contributed by atoms with E-state index >= 15 is 0 Å². The monoisotopic (exact) mass is 235 g/mol. The maximum atomic E-state index is 5.69. The molecule has 0 radical (unpaired) electrons. The SMILES string of the molecule is CCCNC(C(C)C)C(OC)c1ccccc1. The van der Waals surface area contributed by atoms with Crippen molar-refractivity contribution in [2.75, 3.05) is 13.7 Å². The Morgan fingerprint density at radius 2 is 1.82 bits per heavy atom. The summed E-state index contributed by atoms with van der Waals surface area (Å²) in [5.41, 5.74) is 1.25. The second-order valence-electron chi connectivity index (χ2n) is 4.79. The largest absolute Gasteiger partial charge is 0.375 e. The van der Waals surface area contributed by atoms with Crippen LogP contribution in [0.4, 0.5) is 0 Å². The zero-order valence-electron chi connectivity index (χ0n) is 11.4. The van der Waals surface area contributed by atoms with Gasteiger partial charge in [0, 0.05) is 13.2 Å². The van der Waals surface area contributed by atoms with E-state index in [0.717, 1.165) is 13.0 Å². The molecule has 2 nitrogen and oxygen atoms in total. The number of hydrogen-bond acceptors (Lipinski definition) is 2. The number of rotatable bonds is 7. The summed E-state index contributed by atoms with van der Waals surface area (Å²) >= 11 is 0. The van der Waals surface area contributed by atoms with Crippen LogP contribution in [0.25, 0.3) is 0 Å². The van der Waals surface area contributed by atoms with Crippen molar-refractivity contribution in [3.05, 3.63) is 35.9 Å². The first-order valence-corrected chi connectivity index (χ1v) is 6.51. The van der Waals surface area contributed by atoms with E-state index in [0.29, 0.717) is 12.0 Å². The van der Waals surface area contributed by atoms with Crippen molar-refractivity contribution in [2.24, 2.45) is 5.92 Å². The maximum absolute atomic E-state index is 5.69. The normalized spacial score (nSPS) is 14.9. The average Bonchev–Trinajstić information content (AvgIpc) is 2.35. The van der Waals surface area contributed by atoms with Gasteiger partial charge in [-0.05, 0) is 24.4 Å². The van der Waals surface area contributed by atoms with Crippen molar-refractivity contribution in [1.82, 2.24) is 5.32 Å². The molecule has 2 heteroatoms. The molecule has 0 aliphatic heterocycles. The Bertz CT molecular complexity index is 297. The number of benzene rings is 1. The molecule has 17 heavy (non-hydrogen) atoms. The summed E-state index contributed by atoms with van der Waals surface area (Å²) in [6.45, 7) is 7.70. The Balaban J connectivity index is 2.81. The molecule has 0 aliphatic rings. The molecule has 1 rings (SSSR count). The van der Waals surface area contributed by atoms with Gasteiger partial charge in [-0.2, -0.15) is 0 Å². The van der Waals surface area contributed by atoms with Gasteiger partial charge in [-0.3, -0.25) is 0 Å². The molecular weight excluding hydrogens is 210 g/mol. The van der Waals surface area contributed by atoms with Gasteiger partial charge in [0.1, 0.15) is 0 Å². The molecular formula is C15H25NO. The van der Waals surface area contributed by atoms with Crippen LogP contribution in [-0.4, -0.2) is 19.7 Å².